The van der Waals surface area contributed by atoms with Crippen molar-refractivity contribution in [2.75, 3.05) is 13.7 Å². The number of thiophene rings is 1. The third-order valence-corrected chi connectivity index (χ3v) is 6.29. The average molecular weight is 333 g/mol. The van der Waals surface area contributed by atoms with Gasteiger partial charge in [0, 0.05) is 12.6 Å². The largest absolute Gasteiger partial charge is 0.465 e. The second-order valence-corrected chi connectivity index (χ2v) is 7.47. The molecule has 1 aromatic heterocycles. The first kappa shape index (κ1) is 16.4. The average Bonchev–Trinajstić information content (AvgIpc) is 2.78. The molecule has 1 aliphatic rings. The zero-order valence-electron chi connectivity index (χ0n) is 12.2. The first-order valence-electron chi connectivity index (χ1n) is 6.69. The van der Waals surface area contributed by atoms with E-state index >= 15 is 0 Å². The van der Waals surface area contributed by atoms with E-state index in [1.165, 1.54) is 7.11 Å². The van der Waals surface area contributed by atoms with E-state index < -0.39 is 16.0 Å². The maximum Gasteiger partial charge on any atom is 0.349 e. The van der Waals surface area contributed by atoms with Crippen molar-refractivity contribution in [1.29, 1.82) is 0 Å². The Morgan fingerprint density at radius 2 is 2.14 bits per heavy atom. The van der Waals surface area contributed by atoms with Crippen LogP contribution in [0.4, 0.5) is 0 Å². The summed E-state index contributed by atoms with van der Waals surface area (Å²) in [5.74, 6) is -0.630. The van der Waals surface area contributed by atoms with Gasteiger partial charge in [-0.25, -0.2) is 17.9 Å². The van der Waals surface area contributed by atoms with Gasteiger partial charge in [-0.1, -0.05) is 0 Å². The van der Waals surface area contributed by atoms with E-state index in [9.17, 15) is 13.2 Å². The van der Waals surface area contributed by atoms with Gasteiger partial charge in [0.25, 0.3) is 0 Å². The molecule has 1 aromatic rings. The molecule has 6 nitrogen and oxygen atoms in total. The van der Waals surface area contributed by atoms with E-state index in [0.29, 0.717) is 25.0 Å². The topological polar surface area (TPSA) is 81.7 Å². The van der Waals surface area contributed by atoms with Gasteiger partial charge >= 0.3 is 5.97 Å². The molecule has 0 amide bonds. The Kier molecular flexibility index (Phi) is 5.03. The Morgan fingerprint density at radius 3 is 2.71 bits per heavy atom. The normalized spacial score (nSPS) is 21.9. The first-order valence-corrected chi connectivity index (χ1v) is 9.05. The number of carbonyl (C=O) groups excluding carboxylic acids is 1. The highest BCUT2D eigenvalue weighted by Crippen LogP contribution is 2.30. The molecule has 0 aliphatic heterocycles. The maximum absolute atomic E-state index is 12.5. The Balaban J connectivity index is 2.14. The minimum atomic E-state index is -3.73. The summed E-state index contributed by atoms with van der Waals surface area (Å²) in [5.41, 5.74) is 0.550. The molecule has 1 N–H and O–H groups in total. The molecule has 0 bridgehead atoms. The lowest BCUT2D eigenvalue weighted by atomic mass is 9.90. The van der Waals surface area contributed by atoms with Crippen LogP contribution in [0.2, 0.25) is 0 Å². The van der Waals surface area contributed by atoms with Crippen LogP contribution in [0.3, 0.4) is 0 Å². The van der Waals surface area contributed by atoms with Crippen molar-refractivity contribution >= 4 is 27.3 Å². The number of carbonyl (C=O) groups is 1. The number of ether oxygens (including phenoxy) is 2. The lowest BCUT2D eigenvalue weighted by Gasteiger charge is -2.35. The number of hydrogen-bond donors (Lipinski definition) is 1. The lowest BCUT2D eigenvalue weighted by Crippen LogP contribution is -2.47. The SMILES string of the molecule is CCOC1CC(NS(=O)(=O)c2c(C)csc2C(=O)OC)C1. The zero-order chi connectivity index (χ0) is 15.6. The summed E-state index contributed by atoms with van der Waals surface area (Å²) in [4.78, 5) is 11.8. The van der Waals surface area contributed by atoms with Gasteiger partial charge in [-0.2, -0.15) is 0 Å². The van der Waals surface area contributed by atoms with Crippen LogP contribution in [-0.2, 0) is 19.5 Å². The fourth-order valence-corrected chi connectivity index (χ4v) is 5.28. The predicted molar refractivity (Wildman–Crippen MR) is 79.2 cm³/mol. The molecule has 1 heterocycles. The van der Waals surface area contributed by atoms with Crippen molar-refractivity contribution in [2.24, 2.45) is 0 Å². The third-order valence-electron chi connectivity index (χ3n) is 3.38. The van der Waals surface area contributed by atoms with E-state index in [1.807, 2.05) is 6.92 Å². The monoisotopic (exact) mass is 333 g/mol. The van der Waals surface area contributed by atoms with Crippen molar-refractivity contribution < 1.29 is 22.7 Å². The van der Waals surface area contributed by atoms with Crippen LogP contribution in [-0.4, -0.2) is 40.2 Å². The van der Waals surface area contributed by atoms with Crippen LogP contribution >= 0.6 is 11.3 Å². The Morgan fingerprint density at radius 1 is 1.48 bits per heavy atom. The molecular weight excluding hydrogens is 314 g/mol. The molecule has 8 heteroatoms. The van der Waals surface area contributed by atoms with E-state index in [1.54, 1.807) is 12.3 Å². The first-order chi connectivity index (χ1) is 9.89. The number of nitrogens with one attached hydrogen (secondary N) is 1. The molecular formula is C13H19NO5S2. The van der Waals surface area contributed by atoms with Crippen molar-refractivity contribution in [1.82, 2.24) is 4.72 Å². The van der Waals surface area contributed by atoms with Crippen molar-refractivity contribution in [3.8, 4) is 0 Å². The number of rotatable bonds is 6. The smallest absolute Gasteiger partial charge is 0.349 e. The Bertz CT molecular complexity index is 617. The van der Waals surface area contributed by atoms with E-state index in [4.69, 9.17) is 4.74 Å². The highest BCUT2D eigenvalue weighted by atomic mass is 32.2. The van der Waals surface area contributed by atoms with Gasteiger partial charge in [0.1, 0.15) is 9.77 Å². The van der Waals surface area contributed by atoms with Crippen molar-refractivity contribution in [2.45, 2.75) is 43.7 Å². The fraction of sp³-hybridized carbons (Fsp3) is 0.615. The number of aryl methyl sites for hydroxylation is 1. The summed E-state index contributed by atoms with van der Waals surface area (Å²) in [7, 11) is -2.49. The van der Waals surface area contributed by atoms with Crippen LogP contribution in [0.1, 0.15) is 35.0 Å². The summed E-state index contributed by atoms with van der Waals surface area (Å²) in [6, 6.07) is -0.142. The molecule has 0 aromatic carbocycles. The summed E-state index contributed by atoms with van der Waals surface area (Å²) >= 11 is 1.08. The van der Waals surface area contributed by atoms with E-state index in [-0.39, 0.29) is 21.9 Å². The molecule has 1 aliphatic carbocycles. The van der Waals surface area contributed by atoms with Crippen LogP contribution in [0.15, 0.2) is 10.3 Å². The number of sulfonamides is 1. The summed E-state index contributed by atoms with van der Waals surface area (Å²) in [6.07, 6.45) is 1.43. The van der Waals surface area contributed by atoms with Gasteiger partial charge in [0.2, 0.25) is 10.0 Å². The van der Waals surface area contributed by atoms with Crippen LogP contribution in [0.5, 0.6) is 0 Å². The number of esters is 1. The molecule has 1 fully saturated rings. The van der Waals surface area contributed by atoms with Gasteiger partial charge in [0.15, 0.2) is 0 Å². The molecule has 0 saturated heterocycles. The Labute approximate surface area is 128 Å². The van der Waals surface area contributed by atoms with Gasteiger partial charge in [-0.3, -0.25) is 0 Å². The quantitative estimate of drug-likeness (QED) is 0.801. The van der Waals surface area contributed by atoms with Crippen molar-refractivity contribution in [3.05, 3.63) is 15.8 Å². The molecule has 118 valence electrons. The minimum absolute atomic E-state index is 0.0270. The molecule has 0 unspecified atom stereocenters. The molecule has 21 heavy (non-hydrogen) atoms. The van der Waals surface area contributed by atoms with Gasteiger partial charge in [-0.05, 0) is 37.6 Å². The summed E-state index contributed by atoms with van der Waals surface area (Å²) in [5, 5.41) is 1.64. The van der Waals surface area contributed by atoms with E-state index in [0.717, 1.165) is 11.3 Å². The number of methoxy groups -OCH3 is 1. The molecule has 0 radical (unpaired) electrons. The Hall–Kier alpha value is -0.960. The zero-order valence-corrected chi connectivity index (χ0v) is 13.8. The minimum Gasteiger partial charge on any atom is -0.465 e. The van der Waals surface area contributed by atoms with Crippen LogP contribution < -0.4 is 4.72 Å². The number of hydrogen-bond acceptors (Lipinski definition) is 6. The maximum atomic E-state index is 12.5. The lowest BCUT2D eigenvalue weighted by molar-refractivity contribution is -0.00477. The molecule has 0 spiro atoms. The second-order valence-electron chi connectivity index (χ2n) is 4.94. The van der Waals surface area contributed by atoms with Gasteiger partial charge in [0.05, 0.1) is 13.2 Å². The van der Waals surface area contributed by atoms with Crippen LogP contribution in [0.25, 0.3) is 0 Å². The van der Waals surface area contributed by atoms with Crippen LogP contribution in [0, 0.1) is 6.92 Å². The second kappa shape index (κ2) is 6.43. The fourth-order valence-electron chi connectivity index (χ4n) is 2.31. The molecule has 1 saturated carbocycles. The van der Waals surface area contributed by atoms with Gasteiger partial charge in [-0.15, -0.1) is 11.3 Å². The highest BCUT2D eigenvalue weighted by Gasteiger charge is 2.35. The van der Waals surface area contributed by atoms with E-state index in [2.05, 4.69) is 9.46 Å². The highest BCUT2D eigenvalue weighted by molar-refractivity contribution is 7.89. The predicted octanol–water partition coefficient (Wildman–Crippen LogP) is 1.69. The summed E-state index contributed by atoms with van der Waals surface area (Å²) in [6.45, 7) is 4.20. The standard InChI is InChI=1S/C13H19NO5S2/c1-4-19-10-5-9(6-10)14-21(16,17)12-8(2)7-20-11(12)13(15)18-3/h7,9-10,14H,4-6H2,1-3H3. The molecule has 0 atom stereocenters. The molecule has 2 rings (SSSR count). The summed E-state index contributed by atoms with van der Waals surface area (Å²) < 4.78 is 37.6. The third kappa shape index (κ3) is 3.45. The van der Waals surface area contributed by atoms with Gasteiger partial charge < -0.3 is 9.47 Å². The van der Waals surface area contributed by atoms with Crippen molar-refractivity contribution in [3.63, 3.8) is 0 Å².